The van der Waals surface area contributed by atoms with Crippen LogP contribution in [0.2, 0.25) is 0 Å². The molecule has 0 aromatic heterocycles. The largest absolute Gasteiger partial charge is 0.872 e. The summed E-state index contributed by atoms with van der Waals surface area (Å²) in [4.78, 5) is 29.0. The van der Waals surface area contributed by atoms with Gasteiger partial charge in [0.15, 0.2) is 0 Å². The first-order chi connectivity index (χ1) is 16.3. The van der Waals surface area contributed by atoms with Crippen molar-refractivity contribution in [2.75, 3.05) is 26.2 Å². The lowest BCUT2D eigenvalue weighted by Gasteiger charge is -2.28. The molecule has 0 spiro atoms. The van der Waals surface area contributed by atoms with E-state index in [0.717, 1.165) is 19.6 Å². The number of carbonyl (C=O) groups excluding carboxylic acids is 2. The lowest BCUT2D eigenvalue weighted by Crippen LogP contribution is -3.11. The van der Waals surface area contributed by atoms with E-state index in [1.807, 2.05) is 13.8 Å². The third kappa shape index (κ3) is 5.65. The Kier molecular flexibility index (Phi) is 8.45. The molecule has 1 saturated heterocycles. The maximum atomic E-state index is 13.4. The number of benzene rings is 2. The van der Waals surface area contributed by atoms with Gasteiger partial charge in [-0.3, -0.25) is 9.59 Å². The lowest BCUT2D eigenvalue weighted by molar-refractivity contribution is -0.896. The summed E-state index contributed by atoms with van der Waals surface area (Å²) in [6, 6.07) is 11.4. The summed E-state index contributed by atoms with van der Waals surface area (Å²) in [6.45, 7) is 11.3. The first-order valence-electron chi connectivity index (χ1n) is 11.9. The Morgan fingerprint density at radius 3 is 2.24 bits per heavy atom. The summed E-state index contributed by atoms with van der Waals surface area (Å²) in [6.07, 6.45) is 0.709. The molecule has 34 heavy (non-hydrogen) atoms. The Balaban J connectivity index is 2.01. The number of halogens is 1. The molecular weight excluding hydrogens is 435 g/mol. The van der Waals surface area contributed by atoms with Gasteiger partial charge in [0, 0.05) is 18.5 Å². The highest BCUT2D eigenvalue weighted by atomic mass is 19.1. The Morgan fingerprint density at radius 2 is 1.68 bits per heavy atom. The summed E-state index contributed by atoms with van der Waals surface area (Å²) >= 11 is 0. The molecule has 2 aromatic rings. The van der Waals surface area contributed by atoms with Gasteiger partial charge in [-0.2, -0.15) is 0 Å². The van der Waals surface area contributed by atoms with Gasteiger partial charge in [-0.1, -0.05) is 30.0 Å². The van der Waals surface area contributed by atoms with Gasteiger partial charge in [-0.25, -0.2) is 4.39 Å². The highest BCUT2D eigenvalue weighted by molar-refractivity contribution is 6.46. The highest BCUT2D eigenvalue weighted by Gasteiger charge is 2.44. The Morgan fingerprint density at radius 1 is 1.06 bits per heavy atom. The number of nitrogens with one attached hydrogen (secondary N) is 1. The average Bonchev–Trinajstić information content (AvgIpc) is 3.07. The molecule has 1 atom stereocenters. The molecule has 1 unspecified atom stereocenters. The smallest absolute Gasteiger partial charge is 0.295 e. The second-order valence-electron chi connectivity index (χ2n) is 8.78. The van der Waals surface area contributed by atoms with E-state index in [1.165, 1.54) is 34.1 Å². The minimum absolute atomic E-state index is 0.00161. The molecule has 182 valence electrons. The predicted octanol–water partition coefficient (Wildman–Crippen LogP) is 2.15. The molecule has 6 nitrogen and oxygen atoms in total. The number of ether oxygens (including phenoxy) is 1. The Hall–Kier alpha value is -3.19. The molecule has 0 saturated carbocycles. The fourth-order valence-electron chi connectivity index (χ4n) is 4.31. The second-order valence-corrected chi connectivity index (χ2v) is 8.78. The number of ketones is 1. The normalized spacial score (nSPS) is 17.7. The predicted molar refractivity (Wildman–Crippen MR) is 127 cm³/mol. The lowest BCUT2D eigenvalue weighted by atomic mass is 9.95. The molecular formula is C27H33FN2O4. The molecule has 0 aliphatic carbocycles. The summed E-state index contributed by atoms with van der Waals surface area (Å²) in [5, 5.41) is 13.3. The van der Waals surface area contributed by atoms with Crippen LogP contribution >= 0.6 is 0 Å². The van der Waals surface area contributed by atoms with Crippen LogP contribution in [-0.2, 0) is 9.59 Å². The molecule has 7 heteroatoms. The van der Waals surface area contributed by atoms with Crippen molar-refractivity contribution in [3.05, 3.63) is 71.0 Å². The van der Waals surface area contributed by atoms with Crippen LogP contribution in [0.4, 0.5) is 4.39 Å². The quantitative estimate of drug-likeness (QED) is 0.330. The molecule has 1 fully saturated rings. The van der Waals surface area contributed by atoms with Crippen LogP contribution < -0.4 is 14.7 Å². The number of hydrogen-bond acceptors (Lipinski definition) is 4. The van der Waals surface area contributed by atoms with E-state index in [0.29, 0.717) is 24.3 Å². The zero-order chi connectivity index (χ0) is 24.8. The number of carbonyl (C=O) groups is 2. The number of likely N-dealkylation sites (tertiary alicyclic amines) is 1. The van der Waals surface area contributed by atoms with E-state index < -0.39 is 29.3 Å². The van der Waals surface area contributed by atoms with Crippen LogP contribution in [0.1, 0.15) is 51.3 Å². The van der Waals surface area contributed by atoms with Crippen molar-refractivity contribution >= 4 is 17.4 Å². The molecule has 1 aliphatic heterocycles. The average molecular weight is 469 g/mol. The third-order valence-electron chi connectivity index (χ3n) is 6.13. The first-order valence-corrected chi connectivity index (χ1v) is 11.9. The molecule has 0 bridgehead atoms. The van der Waals surface area contributed by atoms with Crippen molar-refractivity contribution in [3.63, 3.8) is 0 Å². The van der Waals surface area contributed by atoms with Crippen LogP contribution in [0.15, 0.2) is 54.1 Å². The van der Waals surface area contributed by atoms with Crippen molar-refractivity contribution in [2.24, 2.45) is 0 Å². The molecule has 1 aliphatic rings. The van der Waals surface area contributed by atoms with Crippen LogP contribution in [0, 0.1) is 5.82 Å². The minimum atomic E-state index is -0.794. The summed E-state index contributed by atoms with van der Waals surface area (Å²) in [5.74, 6) is -1.84. The van der Waals surface area contributed by atoms with E-state index in [-0.39, 0.29) is 17.2 Å². The zero-order valence-corrected chi connectivity index (χ0v) is 20.3. The summed E-state index contributed by atoms with van der Waals surface area (Å²) in [5.41, 5.74) is 0.747. The monoisotopic (exact) mass is 468 g/mol. The minimum Gasteiger partial charge on any atom is -0.872 e. The Bertz CT molecular complexity index is 1030. The number of quaternary nitrogens is 1. The van der Waals surface area contributed by atoms with Gasteiger partial charge < -0.3 is 19.6 Å². The topological polar surface area (TPSA) is 74.1 Å². The van der Waals surface area contributed by atoms with Gasteiger partial charge in [0.1, 0.15) is 11.6 Å². The molecule has 1 amide bonds. The molecule has 1 N–H and O–H groups in total. The molecule has 2 aromatic carbocycles. The van der Waals surface area contributed by atoms with Crippen LogP contribution in [0.3, 0.4) is 0 Å². The van der Waals surface area contributed by atoms with Gasteiger partial charge in [-0.15, -0.1) is 0 Å². The van der Waals surface area contributed by atoms with Crippen LogP contribution in [0.25, 0.3) is 5.76 Å². The van der Waals surface area contributed by atoms with E-state index >= 15 is 0 Å². The SMILES string of the molecule is CC[NH+](CC)CCCN1C(=O)C(=O)C(=C([O-])c2ccc(F)cc2)C1c1ccc(OC(C)C)cc1. The summed E-state index contributed by atoms with van der Waals surface area (Å²) < 4.78 is 19.1. The van der Waals surface area contributed by atoms with Gasteiger partial charge in [0.25, 0.3) is 5.91 Å². The van der Waals surface area contributed by atoms with Crippen LogP contribution in [-0.4, -0.2) is 48.9 Å². The van der Waals surface area contributed by atoms with Gasteiger partial charge in [0.05, 0.1) is 31.8 Å². The number of hydrogen-bond donors (Lipinski definition) is 1. The fourth-order valence-corrected chi connectivity index (χ4v) is 4.31. The maximum Gasteiger partial charge on any atom is 0.295 e. The van der Waals surface area contributed by atoms with Crippen molar-refractivity contribution in [2.45, 2.75) is 46.3 Å². The third-order valence-corrected chi connectivity index (χ3v) is 6.13. The summed E-state index contributed by atoms with van der Waals surface area (Å²) in [7, 11) is 0. The van der Waals surface area contributed by atoms with Crippen molar-refractivity contribution in [3.8, 4) is 5.75 Å². The number of rotatable bonds is 10. The van der Waals surface area contributed by atoms with Crippen molar-refractivity contribution in [1.29, 1.82) is 0 Å². The maximum absolute atomic E-state index is 13.4. The van der Waals surface area contributed by atoms with E-state index in [9.17, 15) is 19.1 Å². The van der Waals surface area contributed by atoms with Crippen molar-refractivity contribution in [1.82, 2.24) is 4.90 Å². The second kappa shape index (κ2) is 11.3. The van der Waals surface area contributed by atoms with Gasteiger partial charge in [0.2, 0.25) is 5.78 Å². The number of nitrogens with zero attached hydrogens (tertiary/aromatic N) is 1. The number of Topliss-reactive ketones (excluding diaryl/α,β-unsaturated/α-hetero) is 1. The fraction of sp³-hybridized carbons (Fsp3) is 0.407. The molecule has 3 rings (SSSR count). The number of amides is 1. The van der Waals surface area contributed by atoms with Gasteiger partial charge in [-0.05, 0) is 63.1 Å². The van der Waals surface area contributed by atoms with Gasteiger partial charge >= 0.3 is 0 Å². The standard InChI is InChI=1S/C27H33FN2O4/c1-5-29(6-2)16-7-17-30-24(19-10-14-22(15-11-19)34-18(3)4)23(26(32)27(30)33)25(31)20-8-12-21(28)13-9-20/h8-15,18,24,31H,5-7,16-17H2,1-4H3. The molecule has 1 heterocycles. The Labute approximate surface area is 200 Å². The van der Waals surface area contributed by atoms with Crippen LogP contribution in [0.5, 0.6) is 5.75 Å². The van der Waals surface area contributed by atoms with Crippen molar-refractivity contribution < 1.29 is 28.7 Å². The van der Waals surface area contributed by atoms with E-state index in [4.69, 9.17) is 4.74 Å². The highest BCUT2D eigenvalue weighted by Crippen LogP contribution is 2.39. The zero-order valence-electron chi connectivity index (χ0n) is 20.3. The molecule has 0 radical (unpaired) electrons. The van der Waals surface area contributed by atoms with E-state index in [2.05, 4.69) is 13.8 Å². The first kappa shape index (κ1) is 25.4. The van der Waals surface area contributed by atoms with E-state index in [1.54, 1.807) is 24.3 Å².